The van der Waals surface area contributed by atoms with Gasteiger partial charge in [-0.15, -0.1) is 0 Å². The van der Waals surface area contributed by atoms with Crippen LogP contribution < -0.4 is 5.56 Å². The minimum atomic E-state index is -0.103. The lowest BCUT2D eigenvalue weighted by Crippen LogP contribution is -1.93. The van der Waals surface area contributed by atoms with E-state index in [0.29, 0.717) is 0 Å². The minimum absolute atomic E-state index is 0.103. The van der Waals surface area contributed by atoms with Crippen LogP contribution in [0, 0.1) is 0 Å². The molecule has 62 valence electrons. The first-order valence-electron chi connectivity index (χ1n) is 3.66. The highest BCUT2D eigenvalue weighted by atomic mass is 16.1. The number of aryl methyl sites for hydroxylation is 1. The molecule has 2 aromatic heterocycles. The van der Waals surface area contributed by atoms with Crippen LogP contribution in [0.25, 0.3) is 11.3 Å². The molecule has 0 aromatic carbocycles. The van der Waals surface area contributed by atoms with Gasteiger partial charge in [-0.1, -0.05) is 0 Å². The predicted octanol–water partition coefficient (Wildman–Crippen LogP) is 0.708. The van der Waals surface area contributed by atoms with E-state index in [-0.39, 0.29) is 5.56 Å². The normalized spacial score (nSPS) is 10.4. The summed E-state index contributed by atoms with van der Waals surface area (Å²) in [5.74, 6) is 0. The molecule has 0 amide bonds. The standard InChI is InChI=1S/C8H9N3O/c1-11-3-2-6(5-11)7-4-8(12)10-9-7/h2-5H,1H3,(H2,9,10,12). The monoisotopic (exact) mass is 163 g/mol. The third-order valence-corrected chi connectivity index (χ3v) is 1.74. The van der Waals surface area contributed by atoms with Crippen molar-refractivity contribution in [1.29, 1.82) is 0 Å². The number of H-pyrrole nitrogens is 2. The maximum atomic E-state index is 10.8. The van der Waals surface area contributed by atoms with Gasteiger partial charge in [0.2, 0.25) is 0 Å². The van der Waals surface area contributed by atoms with Crippen LogP contribution in [-0.4, -0.2) is 14.8 Å². The molecular weight excluding hydrogens is 154 g/mol. The lowest BCUT2D eigenvalue weighted by molar-refractivity contribution is 0.928. The largest absolute Gasteiger partial charge is 0.357 e. The first-order chi connectivity index (χ1) is 5.75. The van der Waals surface area contributed by atoms with Crippen LogP contribution in [0.15, 0.2) is 29.3 Å². The fourth-order valence-electron chi connectivity index (χ4n) is 1.15. The number of hydrogen-bond donors (Lipinski definition) is 2. The van der Waals surface area contributed by atoms with E-state index in [9.17, 15) is 4.79 Å². The van der Waals surface area contributed by atoms with Crippen LogP contribution in [-0.2, 0) is 7.05 Å². The summed E-state index contributed by atoms with van der Waals surface area (Å²) >= 11 is 0. The molecule has 0 aliphatic heterocycles. The van der Waals surface area contributed by atoms with Gasteiger partial charge in [-0.25, -0.2) is 0 Å². The van der Waals surface area contributed by atoms with Crippen LogP contribution in [0.5, 0.6) is 0 Å². The van der Waals surface area contributed by atoms with Crippen molar-refractivity contribution in [1.82, 2.24) is 14.8 Å². The first kappa shape index (κ1) is 6.97. The predicted molar refractivity (Wildman–Crippen MR) is 45.8 cm³/mol. The highest BCUT2D eigenvalue weighted by molar-refractivity contribution is 5.57. The molecule has 0 bridgehead atoms. The van der Waals surface area contributed by atoms with E-state index < -0.39 is 0 Å². The second-order valence-corrected chi connectivity index (χ2v) is 2.74. The number of hydrogen-bond acceptors (Lipinski definition) is 1. The maximum absolute atomic E-state index is 10.8. The number of nitrogens with one attached hydrogen (secondary N) is 2. The molecular formula is C8H9N3O. The van der Waals surface area contributed by atoms with Crippen LogP contribution in [0.2, 0.25) is 0 Å². The molecule has 12 heavy (non-hydrogen) atoms. The Bertz CT molecular complexity index is 435. The van der Waals surface area contributed by atoms with E-state index in [4.69, 9.17) is 0 Å². The fraction of sp³-hybridized carbons (Fsp3) is 0.125. The van der Waals surface area contributed by atoms with Crippen molar-refractivity contribution in [3.63, 3.8) is 0 Å². The Labute approximate surface area is 68.8 Å². The van der Waals surface area contributed by atoms with Gasteiger partial charge in [0.15, 0.2) is 0 Å². The van der Waals surface area contributed by atoms with Gasteiger partial charge in [-0.3, -0.25) is 15.0 Å². The lowest BCUT2D eigenvalue weighted by atomic mass is 10.2. The summed E-state index contributed by atoms with van der Waals surface area (Å²) in [6, 6.07) is 3.48. The molecule has 2 N–H and O–H groups in total. The van der Waals surface area contributed by atoms with Gasteiger partial charge >= 0.3 is 0 Å². The third kappa shape index (κ3) is 1.07. The fourth-order valence-corrected chi connectivity index (χ4v) is 1.15. The smallest absolute Gasteiger partial charge is 0.264 e. The van der Waals surface area contributed by atoms with E-state index in [1.807, 2.05) is 30.1 Å². The van der Waals surface area contributed by atoms with Crippen molar-refractivity contribution >= 4 is 0 Å². The lowest BCUT2D eigenvalue weighted by Gasteiger charge is -1.88. The van der Waals surface area contributed by atoms with Crippen molar-refractivity contribution in [3.8, 4) is 11.3 Å². The molecule has 0 aliphatic rings. The Morgan fingerprint density at radius 2 is 2.25 bits per heavy atom. The molecule has 2 heterocycles. The van der Waals surface area contributed by atoms with E-state index in [1.165, 1.54) is 6.07 Å². The van der Waals surface area contributed by atoms with Gasteiger partial charge in [0.25, 0.3) is 5.56 Å². The quantitative estimate of drug-likeness (QED) is 0.639. The molecule has 0 saturated heterocycles. The summed E-state index contributed by atoms with van der Waals surface area (Å²) in [5, 5.41) is 5.27. The molecule has 4 heteroatoms. The zero-order valence-corrected chi connectivity index (χ0v) is 6.66. The van der Waals surface area contributed by atoms with Crippen molar-refractivity contribution in [3.05, 3.63) is 34.9 Å². The highest BCUT2D eigenvalue weighted by Gasteiger charge is 2.00. The summed E-state index contributed by atoms with van der Waals surface area (Å²) in [6.07, 6.45) is 3.87. The van der Waals surface area contributed by atoms with Gasteiger partial charge in [-0.05, 0) is 6.07 Å². The Hall–Kier alpha value is -1.71. The van der Waals surface area contributed by atoms with Crippen LogP contribution in [0.3, 0.4) is 0 Å². The highest BCUT2D eigenvalue weighted by Crippen LogP contribution is 2.13. The molecule has 0 aliphatic carbocycles. The number of aromatic amines is 2. The summed E-state index contributed by atoms with van der Waals surface area (Å²) < 4.78 is 1.93. The van der Waals surface area contributed by atoms with Gasteiger partial charge in [0.05, 0.1) is 5.69 Å². The first-order valence-corrected chi connectivity index (χ1v) is 3.66. The topological polar surface area (TPSA) is 53.6 Å². The summed E-state index contributed by atoms with van der Waals surface area (Å²) in [5.41, 5.74) is 1.73. The molecule has 0 radical (unpaired) electrons. The minimum Gasteiger partial charge on any atom is -0.357 e. The Morgan fingerprint density at radius 1 is 1.42 bits per heavy atom. The molecule has 0 unspecified atom stereocenters. The zero-order valence-electron chi connectivity index (χ0n) is 6.66. The maximum Gasteiger partial charge on any atom is 0.264 e. The molecule has 0 saturated carbocycles. The second kappa shape index (κ2) is 2.41. The molecule has 0 fully saturated rings. The van der Waals surface area contributed by atoms with Gasteiger partial charge in [0.1, 0.15) is 0 Å². The molecule has 2 aromatic rings. The zero-order chi connectivity index (χ0) is 8.55. The third-order valence-electron chi connectivity index (χ3n) is 1.74. The molecule has 2 rings (SSSR count). The Kier molecular flexibility index (Phi) is 1.40. The number of rotatable bonds is 1. The SMILES string of the molecule is Cn1ccc(-c2cc(=O)[nH][nH]2)c1. The Morgan fingerprint density at radius 3 is 2.75 bits per heavy atom. The van der Waals surface area contributed by atoms with Crippen LogP contribution >= 0.6 is 0 Å². The molecule has 4 nitrogen and oxygen atoms in total. The van der Waals surface area contributed by atoms with Crippen LogP contribution in [0.1, 0.15) is 0 Å². The summed E-state index contributed by atoms with van der Waals surface area (Å²) in [6.45, 7) is 0. The summed E-state index contributed by atoms with van der Waals surface area (Å²) in [7, 11) is 1.94. The number of aromatic nitrogens is 3. The van der Waals surface area contributed by atoms with Gasteiger partial charge < -0.3 is 4.57 Å². The molecule has 0 spiro atoms. The van der Waals surface area contributed by atoms with Crippen molar-refractivity contribution in [2.24, 2.45) is 7.05 Å². The van der Waals surface area contributed by atoms with E-state index >= 15 is 0 Å². The summed E-state index contributed by atoms with van der Waals surface area (Å²) in [4.78, 5) is 10.8. The van der Waals surface area contributed by atoms with E-state index in [0.717, 1.165) is 11.3 Å². The van der Waals surface area contributed by atoms with Crippen molar-refractivity contribution in [2.45, 2.75) is 0 Å². The van der Waals surface area contributed by atoms with E-state index in [2.05, 4.69) is 10.2 Å². The molecule has 0 atom stereocenters. The van der Waals surface area contributed by atoms with Gasteiger partial charge in [-0.2, -0.15) is 0 Å². The second-order valence-electron chi connectivity index (χ2n) is 2.74. The average molecular weight is 163 g/mol. The van der Waals surface area contributed by atoms with E-state index in [1.54, 1.807) is 0 Å². The van der Waals surface area contributed by atoms with Crippen LogP contribution in [0.4, 0.5) is 0 Å². The average Bonchev–Trinajstić information content (AvgIpc) is 2.58. The van der Waals surface area contributed by atoms with Gasteiger partial charge in [0, 0.05) is 31.1 Å². The van der Waals surface area contributed by atoms with Crippen molar-refractivity contribution in [2.75, 3.05) is 0 Å². The number of nitrogens with zero attached hydrogens (tertiary/aromatic N) is 1. The Balaban J connectivity index is 2.50. The van der Waals surface area contributed by atoms with Crippen molar-refractivity contribution < 1.29 is 0 Å².